The maximum atomic E-state index is 12.9. The predicted octanol–water partition coefficient (Wildman–Crippen LogP) is 3.38. The number of ether oxygens (including phenoxy) is 1. The van der Waals surface area contributed by atoms with Crippen molar-refractivity contribution in [2.45, 2.75) is 38.3 Å². The number of fused-ring (bicyclic) bond motifs is 5. The van der Waals surface area contributed by atoms with E-state index in [2.05, 4.69) is 4.98 Å². The van der Waals surface area contributed by atoms with Gasteiger partial charge in [0.15, 0.2) is 5.69 Å². The van der Waals surface area contributed by atoms with Crippen LogP contribution in [0.1, 0.15) is 58.8 Å². The number of nitrogens with zero attached hydrogens (tertiary/aromatic N) is 3. The number of carbonyl (C=O) groups is 2. The van der Waals surface area contributed by atoms with Crippen LogP contribution in [0.5, 0.6) is 0 Å². The Balaban J connectivity index is 1.61. The van der Waals surface area contributed by atoms with Crippen LogP contribution in [-0.2, 0) is 4.74 Å². The van der Waals surface area contributed by atoms with Crippen LogP contribution in [0.3, 0.4) is 0 Å². The Labute approximate surface area is 155 Å². The first kappa shape index (κ1) is 15.9. The van der Waals surface area contributed by atoms with Gasteiger partial charge in [0.05, 0.1) is 28.0 Å². The Morgan fingerprint density at radius 3 is 2.85 bits per heavy atom. The molecule has 1 amide bonds. The van der Waals surface area contributed by atoms with Gasteiger partial charge in [-0.25, -0.2) is 9.78 Å². The molecular formula is C19H18ClN3O3. The molecule has 0 unspecified atom stereocenters. The number of aromatic nitrogens is 2. The van der Waals surface area contributed by atoms with E-state index in [1.165, 1.54) is 0 Å². The van der Waals surface area contributed by atoms with Crippen LogP contribution < -0.4 is 0 Å². The monoisotopic (exact) mass is 371 g/mol. The van der Waals surface area contributed by atoms with Crippen LogP contribution in [0.4, 0.5) is 0 Å². The summed E-state index contributed by atoms with van der Waals surface area (Å²) >= 11 is 6.32. The molecule has 6 nitrogen and oxygen atoms in total. The molecule has 1 saturated carbocycles. The summed E-state index contributed by atoms with van der Waals surface area (Å²) in [6.07, 6.45) is 4.49. The minimum atomic E-state index is -0.414. The summed E-state index contributed by atoms with van der Waals surface area (Å²) in [6.45, 7) is 2.57. The van der Waals surface area contributed by atoms with Crippen molar-refractivity contribution in [2.24, 2.45) is 5.92 Å². The van der Waals surface area contributed by atoms with Gasteiger partial charge in [0.1, 0.15) is 12.4 Å². The second kappa shape index (κ2) is 5.58. The van der Waals surface area contributed by atoms with Crippen LogP contribution in [0, 0.1) is 5.92 Å². The zero-order chi connectivity index (χ0) is 18.0. The molecule has 0 N–H and O–H groups in total. The molecule has 3 aliphatic rings. The Morgan fingerprint density at radius 1 is 1.35 bits per heavy atom. The largest absolute Gasteiger partial charge is 0.458 e. The number of esters is 1. The van der Waals surface area contributed by atoms with Gasteiger partial charge in [-0.15, -0.1) is 0 Å². The highest BCUT2D eigenvalue weighted by Crippen LogP contribution is 2.43. The van der Waals surface area contributed by atoms with Crippen molar-refractivity contribution in [3.05, 3.63) is 46.5 Å². The van der Waals surface area contributed by atoms with E-state index in [0.717, 1.165) is 25.0 Å². The Bertz CT molecular complexity index is 934. The van der Waals surface area contributed by atoms with Crippen molar-refractivity contribution in [1.29, 1.82) is 0 Å². The first-order chi connectivity index (χ1) is 12.6. The van der Waals surface area contributed by atoms with Gasteiger partial charge in [0.25, 0.3) is 5.91 Å². The molecule has 2 aromatic rings. The topological polar surface area (TPSA) is 64.4 Å². The van der Waals surface area contributed by atoms with Crippen molar-refractivity contribution in [3.63, 3.8) is 0 Å². The lowest BCUT2D eigenvalue weighted by atomic mass is 9.97. The first-order valence-corrected chi connectivity index (χ1v) is 9.32. The highest BCUT2D eigenvalue weighted by molar-refractivity contribution is 6.34. The van der Waals surface area contributed by atoms with E-state index in [4.69, 9.17) is 16.3 Å². The average Bonchev–Trinajstić information content (AvgIpc) is 3.34. The van der Waals surface area contributed by atoms with Crippen molar-refractivity contribution >= 4 is 23.5 Å². The molecule has 1 aliphatic carbocycles. The lowest BCUT2D eigenvalue weighted by molar-refractivity contribution is 0.0270. The summed E-state index contributed by atoms with van der Waals surface area (Å²) in [4.78, 5) is 31.8. The number of halogens is 1. The van der Waals surface area contributed by atoms with Gasteiger partial charge in [-0.3, -0.25) is 9.36 Å². The van der Waals surface area contributed by atoms with Gasteiger partial charge in [0.2, 0.25) is 0 Å². The summed E-state index contributed by atoms with van der Waals surface area (Å²) in [5, 5.41) is 0.409. The quantitative estimate of drug-likeness (QED) is 0.776. The molecule has 7 heteroatoms. The zero-order valence-electron chi connectivity index (χ0n) is 14.3. The second-order valence-corrected chi connectivity index (χ2v) is 7.64. The zero-order valence-corrected chi connectivity index (χ0v) is 15.1. The molecule has 1 saturated heterocycles. The van der Waals surface area contributed by atoms with Crippen molar-refractivity contribution in [3.8, 4) is 5.69 Å². The van der Waals surface area contributed by atoms with Crippen LogP contribution in [-0.4, -0.2) is 39.0 Å². The minimum Gasteiger partial charge on any atom is -0.458 e. The molecule has 0 bridgehead atoms. The molecule has 1 aromatic heterocycles. The summed E-state index contributed by atoms with van der Waals surface area (Å²) in [6, 6.07) is 5.17. The fourth-order valence-corrected chi connectivity index (χ4v) is 4.15. The van der Waals surface area contributed by atoms with Gasteiger partial charge in [-0.05, 0) is 44.2 Å². The maximum absolute atomic E-state index is 12.9. The number of imidazole rings is 1. The van der Waals surface area contributed by atoms with E-state index in [1.54, 1.807) is 23.4 Å². The van der Waals surface area contributed by atoms with Crippen molar-refractivity contribution in [2.75, 3.05) is 6.54 Å². The second-order valence-electron chi connectivity index (χ2n) is 7.23. The van der Waals surface area contributed by atoms with Crippen molar-refractivity contribution in [1.82, 2.24) is 14.5 Å². The van der Waals surface area contributed by atoms with Crippen LogP contribution >= 0.6 is 11.6 Å². The smallest absolute Gasteiger partial charge is 0.359 e. The predicted molar refractivity (Wildman–Crippen MR) is 94.6 cm³/mol. The third kappa shape index (κ3) is 2.21. The number of hydrogen-bond donors (Lipinski definition) is 0. The number of hydrogen-bond acceptors (Lipinski definition) is 4. The van der Waals surface area contributed by atoms with E-state index in [9.17, 15) is 9.59 Å². The van der Waals surface area contributed by atoms with E-state index in [1.807, 2.05) is 17.6 Å². The van der Waals surface area contributed by atoms with E-state index >= 15 is 0 Å². The van der Waals surface area contributed by atoms with Crippen LogP contribution in [0.2, 0.25) is 5.02 Å². The molecule has 26 heavy (non-hydrogen) atoms. The van der Waals surface area contributed by atoms with Crippen LogP contribution in [0.15, 0.2) is 24.5 Å². The summed E-state index contributed by atoms with van der Waals surface area (Å²) < 4.78 is 7.45. The molecule has 1 aromatic carbocycles. The molecule has 3 heterocycles. The van der Waals surface area contributed by atoms with Gasteiger partial charge >= 0.3 is 5.97 Å². The summed E-state index contributed by atoms with van der Waals surface area (Å²) in [5.41, 5.74) is 2.14. The summed E-state index contributed by atoms with van der Waals surface area (Å²) in [7, 11) is 0. The van der Waals surface area contributed by atoms with E-state index < -0.39 is 5.97 Å². The molecular weight excluding hydrogens is 354 g/mol. The lowest BCUT2D eigenvalue weighted by Gasteiger charge is -2.39. The van der Waals surface area contributed by atoms with Crippen molar-refractivity contribution < 1.29 is 14.3 Å². The minimum absolute atomic E-state index is 0.101. The third-order valence-electron chi connectivity index (χ3n) is 5.64. The fourth-order valence-electron chi connectivity index (χ4n) is 3.90. The highest BCUT2D eigenvalue weighted by atomic mass is 35.5. The van der Waals surface area contributed by atoms with E-state index in [-0.39, 0.29) is 18.1 Å². The molecule has 2 aliphatic heterocycles. The van der Waals surface area contributed by atoms with E-state index in [0.29, 0.717) is 34.4 Å². The molecule has 2 fully saturated rings. The normalized spacial score (nSPS) is 21.8. The SMILES string of the molecule is C[C@H](OC(=O)c1ncn2c1[C@H]1CCN1C(=O)c1c(Cl)cccc1-2)C1CC1. The summed E-state index contributed by atoms with van der Waals surface area (Å²) in [5.74, 6) is -0.0550. The fraction of sp³-hybridized carbons (Fsp3) is 0.421. The number of rotatable bonds is 3. The first-order valence-electron chi connectivity index (χ1n) is 8.94. The molecule has 0 spiro atoms. The average molecular weight is 372 g/mol. The molecule has 2 atom stereocenters. The number of carbonyl (C=O) groups excluding carboxylic acids is 2. The molecule has 0 radical (unpaired) electrons. The van der Waals surface area contributed by atoms with Gasteiger partial charge in [0, 0.05) is 6.54 Å². The Morgan fingerprint density at radius 2 is 2.15 bits per heavy atom. The maximum Gasteiger partial charge on any atom is 0.359 e. The Hall–Kier alpha value is -2.34. The number of benzene rings is 1. The van der Waals surface area contributed by atoms with Gasteiger partial charge in [-0.2, -0.15) is 0 Å². The molecule has 134 valence electrons. The lowest BCUT2D eigenvalue weighted by Crippen LogP contribution is -2.45. The highest BCUT2D eigenvalue weighted by Gasteiger charge is 2.44. The third-order valence-corrected chi connectivity index (χ3v) is 5.95. The molecule has 5 rings (SSSR count). The van der Waals surface area contributed by atoms with Gasteiger partial charge < -0.3 is 9.64 Å². The standard InChI is InChI=1S/C19H18ClN3O3/c1-10(11-5-6-11)26-19(25)16-17-14-7-8-22(14)18(24)15-12(20)3-2-4-13(15)23(17)9-21-16/h2-4,9-11,14H,5-8H2,1H3/t10-,14+/m0/s1. The Kier molecular flexibility index (Phi) is 3.41. The number of amides is 1. The van der Waals surface area contributed by atoms with Gasteiger partial charge in [-0.1, -0.05) is 17.7 Å². The van der Waals surface area contributed by atoms with Crippen LogP contribution in [0.25, 0.3) is 5.69 Å².